The molecule has 0 saturated carbocycles. The molecule has 0 aliphatic heterocycles. The summed E-state index contributed by atoms with van der Waals surface area (Å²) in [5, 5.41) is 5.12. The molecule has 0 radical (unpaired) electrons. The molecule has 2 heteroatoms. The third-order valence-corrected chi connectivity index (χ3v) is 10.1. The maximum absolute atomic E-state index is 5.22. The van der Waals surface area contributed by atoms with Gasteiger partial charge >= 0.3 is 0 Å². The minimum Gasteiger partial charge on any atom is -0.295 e. The Morgan fingerprint density at radius 2 is 1.38 bits per heavy atom. The maximum atomic E-state index is 5.22. The fourth-order valence-corrected chi connectivity index (χ4v) is 7.49. The van der Waals surface area contributed by atoms with Gasteiger partial charge in [-0.25, -0.2) is 4.98 Å². The summed E-state index contributed by atoms with van der Waals surface area (Å²) in [6.45, 7) is 10.4. The van der Waals surface area contributed by atoms with E-state index in [2.05, 4.69) is 195 Å². The fourth-order valence-electron chi connectivity index (χ4n) is 7.49. The second-order valence-electron chi connectivity index (χ2n) is 13.7. The molecule has 52 heavy (non-hydrogen) atoms. The van der Waals surface area contributed by atoms with Gasteiger partial charge in [0.05, 0.1) is 17.1 Å². The first-order valence-electron chi connectivity index (χ1n) is 18.1. The molecule has 8 rings (SSSR count). The summed E-state index contributed by atoms with van der Waals surface area (Å²) in [5.41, 5.74) is 12.5. The Bertz CT molecular complexity index is 2640. The van der Waals surface area contributed by atoms with E-state index in [0.717, 1.165) is 51.6 Å². The molecule has 6 aromatic carbocycles. The first-order chi connectivity index (χ1) is 25.5. The SMILES string of the molecule is C=C(C)/C=C\C(=C/C)c1cc(C2C=c3ccc(-c4ccc5ccccc5c4)cc3=CC2)ccc1-n1c(C)nc(-c2ccccc2)c1-c1ccccc1. The number of rotatable bonds is 8. The number of hydrogen-bond donors (Lipinski definition) is 0. The highest BCUT2D eigenvalue weighted by Crippen LogP contribution is 2.39. The van der Waals surface area contributed by atoms with Crippen molar-refractivity contribution in [1.82, 2.24) is 9.55 Å². The monoisotopic (exact) mass is 670 g/mol. The lowest BCUT2D eigenvalue weighted by atomic mass is 9.87. The summed E-state index contributed by atoms with van der Waals surface area (Å²) in [4.78, 5) is 5.22. The van der Waals surface area contributed by atoms with Gasteiger partial charge in [-0.2, -0.15) is 0 Å². The number of aromatic nitrogens is 2. The zero-order valence-electron chi connectivity index (χ0n) is 30.1. The van der Waals surface area contributed by atoms with Gasteiger partial charge in [-0.15, -0.1) is 0 Å². The lowest BCUT2D eigenvalue weighted by Gasteiger charge is -2.21. The van der Waals surface area contributed by atoms with Crippen molar-refractivity contribution in [2.45, 2.75) is 33.1 Å². The molecule has 1 aromatic heterocycles. The van der Waals surface area contributed by atoms with Gasteiger partial charge in [-0.05, 0) is 94.9 Å². The molecule has 1 atom stereocenters. The second-order valence-corrected chi connectivity index (χ2v) is 13.7. The molecule has 0 N–H and O–H groups in total. The van der Waals surface area contributed by atoms with E-state index >= 15 is 0 Å². The predicted molar refractivity (Wildman–Crippen MR) is 222 cm³/mol. The number of allylic oxidation sites excluding steroid dienone is 5. The molecule has 0 bridgehead atoms. The average Bonchev–Trinajstić information content (AvgIpc) is 3.54. The van der Waals surface area contributed by atoms with Crippen LogP contribution in [0.2, 0.25) is 0 Å². The standard InChI is InChI=1S/C50H42N2/c1-5-36(21-20-34(2)3)47-33-46(45-27-26-43-31-42(24-25-44(43)32-45)41-23-22-37-14-12-13-19-40(37)30-41)28-29-48(47)52-35(4)51-49(38-15-8-6-9-16-38)50(52)39-17-10-7-11-18-39/h5-26,28-33,45H,2,27H2,1,3-4H3/b21-20-,36-5+. The Balaban J connectivity index is 1.24. The van der Waals surface area contributed by atoms with Crippen molar-refractivity contribution < 1.29 is 0 Å². The predicted octanol–water partition coefficient (Wildman–Crippen LogP) is 11.6. The Kier molecular flexibility index (Phi) is 8.97. The molecular formula is C50H42N2. The Morgan fingerprint density at radius 1 is 0.692 bits per heavy atom. The molecule has 0 saturated heterocycles. The van der Waals surface area contributed by atoms with E-state index in [-0.39, 0.29) is 5.92 Å². The summed E-state index contributed by atoms with van der Waals surface area (Å²) in [6, 6.07) is 50.4. The number of nitrogens with zero attached hydrogens (tertiary/aromatic N) is 2. The Hall–Kier alpha value is -6.25. The van der Waals surface area contributed by atoms with Gasteiger partial charge in [0.2, 0.25) is 0 Å². The summed E-state index contributed by atoms with van der Waals surface area (Å²) >= 11 is 0. The Labute approximate surface area is 306 Å². The highest BCUT2D eigenvalue weighted by molar-refractivity contribution is 5.88. The quantitative estimate of drug-likeness (QED) is 0.147. The summed E-state index contributed by atoms with van der Waals surface area (Å²) in [5.74, 6) is 1.20. The molecule has 1 aliphatic rings. The molecule has 0 amide bonds. The van der Waals surface area contributed by atoms with E-state index in [9.17, 15) is 0 Å². The number of benzene rings is 6. The van der Waals surface area contributed by atoms with Crippen LogP contribution < -0.4 is 10.4 Å². The minimum absolute atomic E-state index is 0.257. The fraction of sp³-hybridized carbons (Fsp3) is 0.100. The molecule has 0 fully saturated rings. The lowest BCUT2D eigenvalue weighted by molar-refractivity contribution is 0.914. The molecule has 7 aromatic rings. The topological polar surface area (TPSA) is 17.8 Å². The largest absolute Gasteiger partial charge is 0.295 e. The van der Waals surface area contributed by atoms with E-state index in [1.165, 1.54) is 43.5 Å². The van der Waals surface area contributed by atoms with E-state index in [0.29, 0.717) is 0 Å². The van der Waals surface area contributed by atoms with Gasteiger partial charge in [0.1, 0.15) is 5.82 Å². The summed E-state index contributed by atoms with van der Waals surface area (Å²) in [7, 11) is 0. The molecule has 1 heterocycles. The maximum Gasteiger partial charge on any atom is 0.111 e. The minimum atomic E-state index is 0.257. The van der Waals surface area contributed by atoms with Crippen LogP contribution in [0.4, 0.5) is 0 Å². The highest BCUT2D eigenvalue weighted by atomic mass is 15.1. The molecule has 2 nitrogen and oxygen atoms in total. The molecule has 1 unspecified atom stereocenters. The number of fused-ring (bicyclic) bond motifs is 2. The molecule has 0 spiro atoms. The van der Waals surface area contributed by atoms with Crippen LogP contribution in [0.25, 0.3) is 67.8 Å². The van der Waals surface area contributed by atoms with Crippen molar-refractivity contribution in [3.8, 4) is 39.3 Å². The van der Waals surface area contributed by atoms with Crippen LogP contribution in [0.3, 0.4) is 0 Å². The van der Waals surface area contributed by atoms with Crippen molar-refractivity contribution >= 4 is 28.5 Å². The zero-order chi connectivity index (χ0) is 35.6. The summed E-state index contributed by atoms with van der Waals surface area (Å²) < 4.78 is 2.34. The second kappa shape index (κ2) is 14.2. The van der Waals surface area contributed by atoms with Gasteiger partial charge in [-0.3, -0.25) is 4.57 Å². The van der Waals surface area contributed by atoms with Crippen molar-refractivity contribution in [1.29, 1.82) is 0 Å². The number of imidazole rings is 1. The van der Waals surface area contributed by atoms with Crippen molar-refractivity contribution in [3.05, 3.63) is 197 Å². The smallest absolute Gasteiger partial charge is 0.111 e. The van der Waals surface area contributed by atoms with Crippen LogP contribution in [0, 0.1) is 6.92 Å². The van der Waals surface area contributed by atoms with Crippen LogP contribution in [-0.4, -0.2) is 9.55 Å². The van der Waals surface area contributed by atoms with E-state index in [4.69, 9.17) is 4.98 Å². The van der Waals surface area contributed by atoms with E-state index in [1.54, 1.807) is 0 Å². The first-order valence-corrected chi connectivity index (χ1v) is 18.1. The van der Waals surface area contributed by atoms with Crippen molar-refractivity contribution in [2.75, 3.05) is 0 Å². The van der Waals surface area contributed by atoms with E-state index in [1.807, 2.05) is 6.92 Å². The van der Waals surface area contributed by atoms with Gasteiger partial charge < -0.3 is 0 Å². The third-order valence-electron chi connectivity index (χ3n) is 10.1. The number of aryl methyl sites for hydroxylation is 1. The van der Waals surface area contributed by atoms with Crippen LogP contribution in [0.1, 0.15) is 43.1 Å². The van der Waals surface area contributed by atoms with Crippen LogP contribution >= 0.6 is 0 Å². The Morgan fingerprint density at radius 3 is 2.13 bits per heavy atom. The normalized spacial score (nSPS) is 14.2. The van der Waals surface area contributed by atoms with Crippen LogP contribution in [-0.2, 0) is 0 Å². The highest BCUT2D eigenvalue weighted by Gasteiger charge is 2.23. The van der Waals surface area contributed by atoms with Gasteiger partial charge in [0.15, 0.2) is 0 Å². The van der Waals surface area contributed by atoms with Crippen LogP contribution in [0.5, 0.6) is 0 Å². The average molecular weight is 671 g/mol. The number of hydrogen-bond acceptors (Lipinski definition) is 1. The molecular weight excluding hydrogens is 629 g/mol. The first kappa shape index (κ1) is 32.9. The summed E-state index contributed by atoms with van der Waals surface area (Å²) in [6.07, 6.45) is 12.3. The molecule has 252 valence electrons. The zero-order valence-corrected chi connectivity index (χ0v) is 30.1. The van der Waals surface area contributed by atoms with Gasteiger partial charge in [0, 0.05) is 22.6 Å². The van der Waals surface area contributed by atoms with Crippen molar-refractivity contribution in [3.63, 3.8) is 0 Å². The lowest BCUT2D eigenvalue weighted by Crippen LogP contribution is -2.28. The van der Waals surface area contributed by atoms with Crippen molar-refractivity contribution in [2.24, 2.45) is 0 Å². The third kappa shape index (κ3) is 6.40. The van der Waals surface area contributed by atoms with Crippen LogP contribution in [0.15, 0.2) is 170 Å². The van der Waals surface area contributed by atoms with Gasteiger partial charge in [-0.1, -0.05) is 158 Å². The molecule has 1 aliphatic carbocycles. The van der Waals surface area contributed by atoms with E-state index < -0.39 is 0 Å². The van der Waals surface area contributed by atoms with Gasteiger partial charge in [0.25, 0.3) is 0 Å².